The number of carbonyl (C=O) groups excluding carboxylic acids is 1. The Morgan fingerprint density at radius 3 is 2.27 bits per heavy atom. The summed E-state index contributed by atoms with van der Waals surface area (Å²) in [6, 6.07) is 3.42. The van der Waals surface area contributed by atoms with E-state index >= 15 is 0 Å². The molecule has 0 aliphatic carbocycles. The van der Waals surface area contributed by atoms with Crippen molar-refractivity contribution in [2.24, 2.45) is 5.92 Å². The third-order valence-electron chi connectivity index (χ3n) is 5.19. The highest BCUT2D eigenvalue weighted by Gasteiger charge is 2.38. The monoisotopic (exact) mass is 436 g/mol. The van der Waals surface area contributed by atoms with Crippen LogP contribution in [0.5, 0.6) is 0 Å². The van der Waals surface area contributed by atoms with Crippen molar-refractivity contribution in [2.75, 3.05) is 32.7 Å². The molecule has 1 unspecified atom stereocenters. The highest BCUT2D eigenvalue weighted by Crippen LogP contribution is 2.21. The smallest absolute Gasteiger partial charge is 0.475 e. The standard InChI is InChI=1S/C18H24F2N2O.C2HF3O2/c19-16-6-5-15(17(20)11-16)10-18(23)22-9-3-4-14(13-22)12-21-7-1-2-8-21;3-2(4,5)1(6)7/h5-6,11,14H,1-4,7-10,12-13H2;(H,6,7). The minimum absolute atomic E-state index is 0.0164. The third kappa shape index (κ3) is 7.55. The quantitative estimate of drug-likeness (QED) is 0.735. The van der Waals surface area contributed by atoms with Gasteiger partial charge >= 0.3 is 12.1 Å². The predicted octanol–water partition coefficient (Wildman–Crippen LogP) is 3.48. The van der Waals surface area contributed by atoms with Gasteiger partial charge in [0.1, 0.15) is 11.6 Å². The largest absolute Gasteiger partial charge is 0.490 e. The summed E-state index contributed by atoms with van der Waals surface area (Å²) < 4.78 is 58.4. The maximum absolute atomic E-state index is 13.7. The van der Waals surface area contributed by atoms with E-state index in [4.69, 9.17) is 9.90 Å². The van der Waals surface area contributed by atoms with E-state index < -0.39 is 23.8 Å². The Bertz CT molecular complexity index is 736. The fourth-order valence-corrected chi connectivity index (χ4v) is 3.71. The van der Waals surface area contributed by atoms with E-state index in [1.54, 1.807) is 0 Å². The molecule has 0 bridgehead atoms. The molecule has 2 saturated heterocycles. The van der Waals surface area contributed by atoms with Gasteiger partial charge in [-0.05, 0) is 56.3 Å². The maximum atomic E-state index is 13.7. The molecule has 10 heteroatoms. The van der Waals surface area contributed by atoms with Crippen LogP contribution in [0.15, 0.2) is 18.2 Å². The van der Waals surface area contributed by atoms with E-state index in [-0.39, 0.29) is 17.9 Å². The summed E-state index contributed by atoms with van der Waals surface area (Å²) in [5.74, 6) is -3.54. The lowest BCUT2D eigenvalue weighted by atomic mass is 9.96. The average molecular weight is 436 g/mol. The van der Waals surface area contributed by atoms with Crippen LogP contribution in [0.1, 0.15) is 31.2 Å². The molecule has 0 saturated carbocycles. The van der Waals surface area contributed by atoms with Crippen molar-refractivity contribution in [2.45, 2.75) is 38.3 Å². The number of alkyl halides is 3. The molecule has 5 nitrogen and oxygen atoms in total. The molecule has 1 aromatic carbocycles. The summed E-state index contributed by atoms with van der Waals surface area (Å²) in [4.78, 5) is 25.7. The van der Waals surface area contributed by atoms with Crippen LogP contribution >= 0.6 is 0 Å². The topological polar surface area (TPSA) is 60.9 Å². The first-order valence-corrected chi connectivity index (χ1v) is 9.80. The number of likely N-dealkylation sites (tertiary alicyclic amines) is 2. The van der Waals surface area contributed by atoms with Gasteiger partial charge in [0.15, 0.2) is 0 Å². The molecule has 1 N–H and O–H groups in total. The van der Waals surface area contributed by atoms with Crippen molar-refractivity contribution in [1.29, 1.82) is 0 Å². The molecule has 30 heavy (non-hydrogen) atoms. The van der Waals surface area contributed by atoms with Gasteiger partial charge in [-0.3, -0.25) is 4.79 Å². The number of nitrogens with zero attached hydrogens (tertiary/aromatic N) is 2. The van der Waals surface area contributed by atoms with Crippen LogP contribution in [0.3, 0.4) is 0 Å². The zero-order valence-corrected chi connectivity index (χ0v) is 16.4. The lowest BCUT2D eigenvalue weighted by Crippen LogP contribution is -2.44. The Kier molecular flexibility index (Phi) is 8.57. The fraction of sp³-hybridized carbons (Fsp3) is 0.600. The van der Waals surface area contributed by atoms with Crippen LogP contribution in [-0.4, -0.2) is 65.7 Å². The number of carboxylic acid groups (broad SMARTS) is 1. The lowest BCUT2D eigenvalue weighted by molar-refractivity contribution is -0.192. The summed E-state index contributed by atoms with van der Waals surface area (Å²) in [5.41, 5.74) is 0.276. The minimum atomic E-state index is -5.08. The number of aliphatic carboxylic acids is 1. The normalized spacial score (nSPS) is 19.9. The third-order valence-corrected chi connectivity index (χ3v) is 5.19. The van der Waals surface area contributed by atoms with Gasteiger partial charge in [0.2, 0.25) is 5.91 Å². The highest BCUT2D eigenvalue weighted by molar-refractivity contribution is 5.79. The van der Waals surface area contributed by atoms with E-state index in [0.717, 1.165) is 38.5 Å². The second-order valence-corrected chi connectivity index (χ2v) is 7.57. The Morgan fingerprint density at radius 2 is 1.70 bits per heavy atom. The van der Waals surface area contributed by atoms with Gasteiger partial charge in [-0.15, -0.1) is 0 Å². The van der Waals surface area contributed by atoms with Crippen LogP contribution in [0, 0.1) is 17.6 Å². The van der Waals surface area contributed by atoms with Crippen molar-refractivity contribution >= 4 is 11.9 Å². The number of rotatable bonds is 4. The van der Waals surface area contributed by atoms with Crippen LogP contribution in [0.25, 0.3) is 0 Å². The molecule has 3 rings (SSSR count). The van der Waals surface area contributed by atoms with Crippen LogP contribution < -0.4 is 0 Å². The van der Waals surface area contributed by atoms with E-state index in [2.05, 4.69) is 4.90 Å². The first-order valence-electron chi connectivity index (χ1n) is 9.80. The second kappa shape index (κ2) is 10.7. The summed E-state index contributed by atoms with van der Waals surface area (Å²) in [7, 11) is 0. The van der Waals surface area contributed by atoms with Crippen molar-refractivity contribution in [3.05, 3.63) is 35.4 Å². The molecule has 168 valence electrons. The predicted molar refractivity (Wildman–Crippen MR) is 98.7 cm³/mol. The number of piperidine rings is 1. The van der Waals surface area contributed by atoms with Crippen molar-refractivity contribution in [3.8, 4) is 0 Å². The number of hydrogen-bond acceptors (Lipinski definition) is 3. The first-order chi connectivity index (χ1) is 14.1. The maximum Gasteiger partial charge on any atom is 0.490 e. The van der Waals surface area contributed by atoms with Gasteiger partial charge in [0.05, 0.1) is 6.42 Å². The Hall–Kier alpha value is -2.23. The van der Waals surface area contributed by atoms with E-state index in [1.807, 2.05) is 4.90 Å². The summed E-state index contributed by atoms with van der Waals surface area (Å²) >= 11 is 0. The molecule has 0 aromatic heterocycles. The molecule has 2 heterocycles. The molecular formula is C20H25F5N2O3. The van der Waals surface area contributed by atoms with Crippen molar-refractivity contribution < 1.29 is 36.6 Å². The Balaban J connectivity index is 0.000000396. The van der Waals surface area contributed by atoms with Crippen LogP contribution in [0.4, 0.5) is 22.0 Å². The Labute approximate surface area is 171 Å². The van der Waals surface area contributed by atoms with Gasteiger partial charge in [-0.1, -0.05) is 6.07 Å². The van der Waals surface area contributed by atoms with Crippen molar-refractivity contribution in [3.63, 3.8) is 0 Å². The molecule has 1 aromatic rings. The van der Waals surface area contributed by atoms with Crippen molar-refractivity contribution in [1.82, 2.24) is 9.80 Å². The highest BCUT2D eigenvalue weighted by atomic mass is 19.4. The molecule has 2 fully saturated rings. The van der Waals surface area contributed by atoms with E-state index in [0.29, 0.717) is 5.92 Å². The van der Waals surface area contributed by atoms with Gasteiger partial charge < -0.3 is 14.9 Å². The molecule has 2 aliphatic rings. The zero-order valence-electron chi connectivity index (χ0n) is 16.4. The molecule has 2 aliphatic heterocycles. The van der Waals surface area contributed by atoms with Crippen LogP contribution in [0.2, 0.25) is 0 Å². The molecular weight excluding hydrogens is 411 g/mol. The number of halogens is 5. The van der Waals surface area contributed by atoms with E-state index in [9.17, 15) is 26.7 Å². The second-order valence-electron chi connectivity index (χ2n) is 7.57. The Morgan fingerprint density at radius 1 is 1.07 bits per heavy atom. The minimum Gasteiger partial charge on any atom is -0.475 e. The number of hydrogen-bond donors (Lipinski definition) is 1. The van der Waals surface area contributed by atoms with Gasteiger partial charge in [0.25, 0.3) is 0 Å². The number of benzene rings is 1. The molecule has 1 amide bonds. The van der Waals surface area contributed by atoms with Crippen LogP contribution in [-0.2, 0) is 16.0 Å². The molecule has 0 radical (unpaired) electrons. The number of carbonyl (C=O) groups is 2. The molecule has 0 spiro atoms. The van der Waals surface area contributed by atoms with Gasteiger partial charge in [0, 0.05) is 25.7 Å². The lowest BCUT2D eigenvalue weighted by Gasteiger charge is -2.34. The molecule has 1 atom stereocenters. The van der Waals surface area contributed by atoms with Gasteiger partial charge in [-0.2, -0.15) is 13.2 Å². The van der Waals surface area contributed by atoms with Gasteiger partial charge in [-0.25, -0.2) is 13.6 Å². The summed E-state index contributed by atoms with van der Waals surface area (Å²) in [5, 5.41) is 7.12. The average Bonchev–Trinajstić information content (AvgIpc) is 3.17. The first kappa shape index (κ1) is 24.0. The zero-order chi connectivity index (χ0) is 22.3. The number of amides is 1. The van der Waals surface area contributed by atoms with E-state index in [1.165, 1.54) is 38.1 Å². The summed E-state index contributed by atoms with van der Waals surface area (Å²) in [6.45, 7) is 4.92. The number of carboxylic acids is 1. The SMILES string of the molecule is O=C(Cc1ccc(F)cc1F)N1CCCC(CN2CCCC2)C1.O=C(O)C(F)(F)F. The fourth-order valence-electron chi connectivity index (χ4n) is 3.71. The summed E-state index contributed by atoms with van der Waals surface area (Å²) in [6.07, 6.45) is -0.345.